The molecule has 0 spiro atoms. The standard InChI is InChI=1S/C10H12ClIO4S/c1-16-8-5-3-7(4-6-8)9(13)10(11,12)17(2,14)15/h3-6,9,13H,1-2H3/t9-,10+/m0/s1. The van der Waals surface area contributed by atoms with Gasteiger partial charge in [-0.3, -0.25) is 0 Å². The lowest BCUT2D eigenvalue weighted by atomic mass is 10.1. The van der Waals surface area contributed by atoms with Gasteiger partial charge < -0.3 is 9.84 Å². The maximum absolute atomic E-state index is 11.5. The molecule has 0 heterocycles. The predicted octanol–water partition coefficient (Wildman–Crippen LogP) is 2.10. The maximum Gasteiger partial charge on any atom is 0.224 e. The number of ether oxygens (including phenoxy) is 1. The van der Waals surface area contributed by atoms with Gasteiger partial charge in [0.05, 0.1) is 7.11 Å². The van der Waals surface area contributed by atoms with Crippen molar-refractivity contribution in [3.8, 4) is 5.75 Å². The van der Waals surface area contributed by atoms with Crippen molar-refractivity contribution in [1.29, 1.82) is 0 Å². The van der Waals surface area contributed by atoms with E-state index in [2.05, 4.69) is 0 Å². The Morgan fingerprint density at radius 3 is 2.24 bits per heavy atom. The molecular formula is C10H12ClIO4S. The maximum atomic E-state index is 11.5. The SMILES string of the molecule is COc1ccc([C@H](O)[C@@](Cl)(I)S(C)(=O)=O)cc1. The van der Waals surface area contributed by atoms with Gasteiger partial charge in [-0.05, 0) is 40.3 Å². The Kier molecular flexibility index (Phi) is 4.67. The van der Waals surface area contributed by atoms with Crippen LogP contribution in [-0.4, -0.2) is 29.1 Å². The summed E-state index contributed by atoms with van der Waals surface area (Å²) in [5.74, 6) is 0.619. The molecule has 1 N–H and O–H groups in total. The summed E-state index contributed by atoms with van der Waals surface area (Å²) >= 11 is 7.41. The number of aliphatic hydroxyl groups is 1. The number of sulfone groups is 1. The molecule has 0 saturated heterocycles. The second-order valence-electron chi connectivity index (χ2n) is 3.51. The molecule has 0 aromatic heterocycles. The lowest BCUT2D eigenvalue weighted by Gasteiger charge is -2.24. The van der Waals surface area contributed by atoms with Crippen LogP contribution in [0.4, 0.5) is 0 Å². The Bertz CT molecular complexity index is 484. The fourth-order valence-electron chi connectivity index (χ4n) is 1.18. The average molecular weight is 391 g/mol. The van der Waals surface area contributed by atoms with E-state index in [4.69, 9.17) is 16.3 Å². The van der Waals surface area contributed by atoms with Gasteiger partial charge in [0.2, 0.25) is 2.21 Å². The first-order chi connectivity index (χ1) is 7.70. The first-order valence-electron chi connectivity index (χ1n) is 4.59. The van der Waals surface area contributed by atoms with Gasteiger partial charge in [-0.25, -0.2) is 8.42 Å². The van der Waals surface area contributed by atoms with E-state index in [1.165, 1.54) is 29.7 Å². The highest BCUT2D eigenvalue weighted by Gasteiger charge is 2.44. The molecule has 4 nitrogen and oxygen atoms in total. The van der Waals surface area contributed by atoms with Crippen LogP contribution in [-0.2, 0) is 9.84 Å². The van der Waals surface area contributed by atoms with Crippen LogP contribution >= 0.6 is 34.2 Å². The van der Waals surface area contributed by atoms with Crippen LogP contribution in [0.2, 0.25) is 0 Å². The highest BCUT2D eigenvalue weighted by atomic mass is 127. The Balaban J connectivity index is 3.08. The van der Waals surface area contributed by atoms with Crippen molar-refractivity contribution < 1.29 is 18.3 Å². The highest BCUT2D eigenvalue weighted by molar-refractivity contribution is 14.1. The molecule has 1 rings (SSSR count). The molecule has 2 atom stereocenters. The Hall–Kier alpha value is -0.0500. The predicted molar refractivity (Wildman–Crippen MR) is 75.4 cm³/mol. The quantitative estimate of drug-likeness (QED) is 0.632. The first kappa shape index (κ1) is 15.0. The topological polar surface area (TPSA) is 63.6 Å². The van der Waals surface area contributed by atoms with Crippen LogP contribution in [0.3, 0.4) is 0 Å². The zero-order valence-electron chi connectivity index (χ0n) is 9.22. The van der Waals surface area contributed by atoms with E-state index in [0.29, 0.717) is 11.3 Å². The molecular weight excluding hydrogens is 379 g/mol. The summed E-state index contributed by atoms with van der Waals surface area (Å²) in [5, 5.41) is 9.99. The third-order valence-electron chi connectivity index (χ3n) is 2.24. The van der Waals surface area contributed by atoms with Crippen LogP contribution < -0.4 is 4.74 Å². The van der Waals surface area contributed by atoms with E-state index in [9.17, 15) is 13.5 Å². The van der Waals surface area contributed by atoms with E-state index in [0.717, 1.165) is 6.26 Å². The summed E-state index contributed by atoms with van der Waals surface area (Å²) in [6.45, 7) is 0. The van der Waals surface area contributed by atoms with Crippen molar-refractivity contribution >= 4 is 44.0 Å². The summed E-state index contributed by atoms with van der Waals surface area (Å²) in [5.41, 5.74) is 0.417. The van der Waals surface area contributed by atoms with Gasteiger partial charge in [-0.2, -0.15) is 0 Å². The second-order valence-corrected chi connectivity index (χ2v) is 9.59. The minimum atomic E-state index is -3.59. The molecule has 0 bridgehead atoms. The number of benzene rings is 1. The Labute approximate surface area is 119 Å². The molecule has 1 aromatic rings. The van der Waals surface area contributed by atoms with Crippen LogP contribution in [0, 0.1) is 0 Å². The number of methoxy groups -OCH3 is 1. The third kappa shape index (κ3) is 3.24. The minimum Gasteiger partial charge on any atom is -0.497 e. The molecule has 0 fully saturated rings. The smallest absolute Gasteiger partial charge is 0.224 e. The fraction of sp³-hybridized carbons (Fsp3) is 0.400. The van der Waals surface area contributed by atoms with Gasteiger partial charge in [0.15, 0.2) is 9.84 Å². The van der Waals surface area contributed by atoms with Crippen molar-refractivity contribution in [3.05, 3.63) is 29.8 Å². The van der Waals surface area contributed by atoms with Gasteiger partial charge in [0.25, 0.3) is 0 Å². The van der Waals surface area contributed by atoms with Gasteiger partial charge in [-0.15, -0.1) is 0 Å². The number of halogens is 2. The molecule has 17 heavy (non-hydrogen) atoms. The Morgan fingerprint density at radius 2 is 1.88 bits per heavy atom. The molecule has 1 aromatic carbocycles. The third-order valence-corrected chi connectivity index (χ3v) is 7.49. The molecule has 7 heteroatoms. The van der Waals surface area contributed by atoms with Crippen molar-refractivity contribution in [2.45, 2.75) is 8.32 Å². The number of hydrogen-bond donors (Lipinski definition) is 1. The summed E-state index contributed by atoms with van der Waals surface area (Å²) in [7, 11) is -2.07. The van der Waals surface area contributed by atoms with Gasteiger partial charge >= 0.3 is 0 Å². The van der Waals surface area contributed by atoms with E-state index >= 15 is 0 Å². The zero-order valence-corrected chi connectivity index (χ0v) is 13.0. The van der Waals surface area contributed by atoms with E-state index in [1.54, 1.807) is 24.3 Å². The normalized spacial score (nSPS) is 17.2. The summed E-state index contributed by atoms with van der Waals surface area (Å²) in [4.78, 5) is 0. The molecule has 96 valence electrons. The molecule has 0 aliphatic heterocycles. The van der Waals surface area contributed by atoms with Crippen LogP contribution in [0.15, 0.2) is 24.3 Å². The number of hydrogen-bond acceptors (Lipinski definition) is 4. The fourth-order valence-corrected chi connectivity index (χ4v) is 2.21. The molecule has 0 unspecified atom stereocenters. The summed E-state index contributed by atoms with van der Waals surface area (Å²) < 4.78 is 26.1. The Morgan fingerprint density at radius 1 is 1.41 bits per heavy atom. The summed E-state index contributed by atoms with van der Waals surface area (Å²) in [6.07, 6.45) is -0.329. The largest absolute Gasteiger partial charge is 0.497 e. The number of aliphatic hydroxyl groups excluding tert-OH is 1. The highest BCUT2D eigenvalue weighted by Crippen LogP contribution is 2.42. The molecule has 0 saturated carbocycles. The molecule has 0 amide bonds. The van der Waals surface area contributed by atoms with E-state index in [1.807, 2.05) is 0 Å². The van der Waals surface area contributed by atoms with Crippen LogP contribution in [0.1, 0.15) is 11.7 Å². The molecule has 0 aliphatic carbocycles. The lowest BCUT2D eigenvalue weighted by Crippen LogP contribution is -2.31. The van der Waals surface area contributed by atoms with Crippen LogP contribution in [0.5, 0.6) is 5.75 Å². The molecule has 0 radical (unpaired) electrons. The minimum absolute atomic E-state index is 0.417. The van der Waals surface area contributed by atoms with Crippen LogP contribution in [0.25, 0.3) is 0 Å². The zero-order chi connectivity index (χ0) is 13.3. The van der Waals surface area contributed by atoms with Gasteiger partial charge in [-0.1, -0.05) is 23.7 Å². The monoisotopic (exact) mass is 390 g/mol. The van der Waals surface area contributed by atoms with Crippen molar-refractivity contribution in [2.75, 3.05) is 13.4 Å². The van der Waals surface area contributed by atoms with E-state index < -0.39 is 18.2 Å². The number of alkyl halides is 2. The summed E-state index contributed by atoms with van der Waals surface area (Å²) in [6, 6.07) is 6.41. The van der Waals surface area contributed by atoms with Crippen molar-refractivity contribution in [1.82, 2.24) is 0 Å². The lowest BCUT2D eigenvalue weighted by molar-refractivity contribution is 0.187. The second kappa shape index (κ2) is 5.29. The number of rotatable bonds is 4. The van der Waals surface area contributed by atoms with Crippen molar-refractivity contribution in [3.63, 3.8) is 0 Å². The van der Waals surface area contributed by atoms with Crippen molar-refractivity contribution in [2.24, 2.45) is 0 Å². The average Bonchev–Trinajstić information content (AvgIpc) is 2.26. The van der Waals surface area contributed by atoms with Gasteiger partial charge in [0.1, 0.15) is 11.9 Å². The van der Waals surface area contributed by atoms with Gasteiger partial charge in [0, 0.05) is 6.26 Å². The molecule has 0 aliphatic rings. The first-order valence-corrected chi connectivity index (χ1v) is 7.94. The van der Waals surface area contributed by atoms with E-state index in [-0.39, 0.29) is 0 Å².